The molecule has 0 spiro atoms. The van der Waals surface area contributed by atoms with Crippen molar-refractivity contribution < 1.29 is 13.9 Å². The van der Waals surface area contributed by atoms with Gasteiger partial charge in [-0.15, -0.1) is 0 Å². The van der Waals surface area contributed by atoms with Crippen molar-refractivity contribution in [1.29, 1.82) is 0 Å². The number of hydrogen-bond donors (Lipinski definition) is 2. The van der Waals surface area contributed by atoms with Gasteiger partial charge in [-0.25, -0.2) is 9.18 Å². The third kappa shape index (κ3) is 2.90. The third-order valence-corrected chi connectivity index (χ3v) is 4.00. The highest BCUT2D eigenvalue weighted by atomic mass is 79.9. The molecule has 1 aromatic carbocycles. The first-order chi connectivity index (χ1) is 9.10. The maximum atomic E-state index is 13.2. The molecule has 4 nitrogen and oxygen atoms in total. The van der Waals surface area contributed by atoms with Gasteiger partial charge in [0.15, 0.2) is 0 Å². The number of halogens is 2. The summed E-state index contributed by atoms with van der Waals surface area (Å²) in [5, 5.41) is 5.52. The lowest BCUT2D eigenvalue weighted by Gasteiger charge is -2.20. The molecule has 2 aliphatic heterocycles. The standard InChI is InChI=1S/C13H14BrFN2O2/c14-7-3-8(15)5-9(4-7)16-13(18)17-11-6-10-1-2-12(11)19-10/h3-5,10-12H,1-2,6H2,(H2,16,17,18)/t10-,11-,12-/m1/s1. The van der Waals surface area contributed by atoms with Crippen LogP contribution in [0.2, 0.25) is 0 Å². The van der Waals surface area contributed by atoms with Gasteiger partial charge in [0.25, 0.3) is 0 Å². The van der Waals surface area contributed by atoms with Gasteiger partial charge >= 0.3 is 6.03 Å². The van der Waals surface area contributed by atoms with Crippen LogP contribution in [0.15, 0.2) is 22.7 Å². The molecule has 102 valence electrons. The summed E-state index contributed by atoms with van der Waals surface area (Å²) in [6.45, 7) is 0. The minimum absolute atomic E-state index is 0.0655. The molecular formula is C13H14BrFN2O2. The van der Waals surface area contributed by atoms with Crippen LogP contribution in [-0.4, -0.2) is 24.3 Å². The fourth-order valence-electron chi connectivity index (χ4n) is 2.75. The largest absolute Gasteiger partial charge is 0.373 e. The van der Waals surface area contributed by atoms with E-state index in [0.29, 0.717) is 16.3 Å². The quantitative estimate of drug-likeness (QED) is 0.876. The number of carbonyl (C=O) groups excluding carboxylic acids is 1. The molecule has 0 aliphatic carbocycles. The minimum atomic E-state index is -0.395. The van der Waals surface area contributed by atoms with Crippen LogP contribution in [0.4, 0.5) is 14.9 Å². The zero-order chi connectivity index (χ0) is 13.4. The summed E-state index contributed by atoms with van der Waals surface area (Å²) >= 11 is 3.19. The summed E-state index contributed by atoms with van der Waals surface area (Å²) in [5.41, 5.74) is 0.424. The second-order valence-electron chi connectivity index (χ2n) is 4.97. The number of amides is 2. The van der Waals surface area contributed by atoms with Gasteiger partial charge in [0.1, 0.15) is 5.82 Å². The lowest BCUT2D eigenvalue weighted by molar-refractivity contribution is 0.0984. The maximum Gasteiger partial charge on any atom is 0.319 e. The van der Waals surface area contributed by atoms with E-state index >= 15 is 0 Å². The summed E-state index contributed by atoms with van der Waals surface area (Å²) in [4.78, 5) is 11.9. The second-order valence-corrected chi connectivity index (χ2v) is 5.89. The second kappa shape index (κ2) is 5.09. The topological polar surface area (TPSA) is 50.4 Å². The van der Waals surface area contributed by atoms with E-state index in [0.717, 1.165) is 19.3 Å². The van der Waals surface area contributed by atoms with Gasteiger partial charge in [0.2, 0.25) is 0 Å². The summed E-state index contributed by atoms with van der Waals surface area (Å²) in [7, 11) is 0. The van der Waals surface area contributed by atoms with Crippen molar-refractivity contribution >= 4 is 27.6 Å². The van der Waals surface area contributed by atoms with Gasteiger partial charge < -0.3 is 15.4 Å². The molecule has 2 fully saturated rings. The van der Waals surface area contributed by atoms with E-state index in [1.807, 2.05) is 0 Å². The Morgan fingerprint density at radius 3 is 2.84 bits per heavy atom. The van der Waals surface area contributed by atoms with E-state index in [1.165, 1.54) is 12.1 Å². The molecule has 2 aliphatic rings. The minimum Gasteiger partial charge on any atom is -0.373 e. The molecule has 2 saturated heterocycles. The van der Waals surface area contributed by atoms with Crippen LogP contribution in [-0.2, 0) is 4.74 Å². The van der Waals surface area contributed by atoms with Gasteiger partial charge in [-0.05, 0) is 37.5 Å². The lowest BCUT2D eigenvalue weighted by atomic mass is 9.96. The van der Waals surface area contributed by atoms with Crippen molar-refractivity contribution in [3.05, 3.63) is 28.5 Å². The molecule has 1 aromatic rings. The first-order valence-electron chi connectivity index (χ1n) is 6.29. The number of urea groups is 1. The molecular weight excluding hydrogens is 315 g/mol. The van der Waals surface area contributed by atoms with Crippen molar-refractivity contribution in [2.45, 2.75) is 37.5 Å². The fraction of sp³-hybridized carbons (Fsp3) is 0.462. The molecule has 2 heterocycles. The van der Waals surface area contributed by atoms with Crippen LogP contribution in [0.5, 0.6) is 0 Å². The highest BCUT2D eigenvalue weighted by Crippen LogP contribution is 2.34. The number of fused-ring (bicyclic) bond motifs is 2. The highest BCUT2D eigenvalue weighted by molar-refractivity contribution is 9.10. The normalized spacial score (nSPS) is 28.4. The molecule has 0 radical (unpaired) electrons. The summed E-state index contributed by atoms with van der Waals surface area (Å²) in [5.74, 6) is -0.395. The molecule has 0 aromatic heterocycles. The SMILES string of the molecule is O=C(Nc1cc(F)cc(Br)c1)N[C@@H]1C[C@H]2CC[C@H]1O2. The molecule has 19 heavy (non-hydrogen) atoms. The van der Waals surface area contributed by atoms with E-state index in [9.17, 15) is 9.18 Å². The predicted octanol–water partition coefficient (Wildman–Crippen LogP) is 3.03. The number of carbonyl (C=O) groups is 1. The van der Waals surface area contributed by atoms with Gasteiger partial charge in [0.05, 0.1) is 18.2 Å². The van der Waals surface area contributed by atoms with Crippen molar-refractivity contribution in [3.63, 3.8) is 0 Å². The Hall–Kier alpha value is -1.14. The smallest absolute Gasteiger partial charge is 0.319 e. The molecule has 0 saturated carbocycles. The van der Waals surface area contributed by atoms with Gasteiger partial charge in [-0.1, -0.05) is 15.9 Å². The molecule has 0 unspecified atom stereocenters. The van der Waals surface area contributed by atoms with Gasteiger partial charge in [-0.3, -0.25) is 0 Å². The number of benzene rings is 1. The molecule has 6 heteroatoms. The van der Waals surface area contributed by atoms with Gasteiger partial charge in [0, 0.05) is 10.2 Å². The number of hydrogen-bond acceptors (Lipinski definition) is 2. The fourth-order valence-corrected chi connectivity index (χ4v) is 3.22. The van der Waals surface area contributed by atoms with Crippen LogP contribution in [0.25, 0.3) is 0 Å². The Morgan fingerprint density at radius 2 is 2.21 bits per heavy atom. The van der Waals surface area contributed by atoms with Gasteiger partial charge in [-0.2, -0.15) is 0 Å². The average molecular weight is 329 g/mol. The Balaban J connectivity index is 1.59. The van der Waals surface area contributed by atoms with E-state index in [4.69, 9.17) is 4.74 Å². The van der Waals surface area contributed by atoms with Crippen LogP contribution in [0.3, 0.4) is 0 Å². The van der Waals surface area contributed by atoms with Crippen molar-refractivity contribution in [2.24, 2.45) is 0 Å². The summed E-state index contributed by atoms with van der Waals surface area (Å²) in [6.07, 6.45) is 3.38. The number of rotatable bonds is 2. The summed E-state index contributed by atoms with van der Waals surface area (Å²) in [6, 6.07) is 4.02. The van der Waals surface area contributed by atoms with E-state index in [2.05, 4.69) is 26.6 Å². The molecule has 3 atom stereocenters. The Bertz CT molecular complexity index is 491. The van der Waals surface area contributed by atoms with Crippen molar-refractivity contribution in [2.75, 3.05) is 5.32 Å². The van der Waals surface area contributed by atoms with E-state index in [1.54, 1.807) is 6.07 Å². The zero-order valence-corrected chi connectivity index (χ0v) is 11.7. The number of anilines is 1. The third-order valence-electron chi connectivity index (χ3n) is 3.54. The van der Waals surface area contributed by atoms with Crippen LogP contribution >= 0.6 is 15.9 Å². The summed E-state index contributed by atoms with van der Waals surface area (Å²) < 4.78 is 19.4. The first-order valence-corrected chi connectivity index (χ1v) is 7.08. The van der Waals surface area contributed by atoms with Crippen molar-refractivity contribution in [3.8, 4) is 0 Å². The first kappa shape index (κ1) is 12.9. The predicted molar refractivity (Wildman–Crippen MR) is 72.6 cm³/mol. The number of nitrogens with one attached hydrogen (secondary N) is 2. The van der Waals surface area contributed by atoms with Crippen LogP contribution in [0.1, 0.15) is 19.3 Å². The van der Waals surface area contributed by atoms with E-state index in [-0.39, 0.29) is 18.2 Å². The Morgan fingerprint density at radius 1 is 1.37 bits per heavy atom. The van der Waals surface area contributed by atoms with E-state index < -0.39 is 5.82 Å². The lowest BCUT2D eigenvalue weighted by Crippen LogP contribution is -2.43. The average Bonchev–Trinajstić information content (AvgIpc) is 2.88. The molecule has 3 rings (SSSR count). The zero-order valence-electron chi connectivity index (χ0n) is 10.2. The molecule has 2 amide bonds. The molecule has 2 bridgehead atoms. The Labute approximate surface area is 118 Å². The Kier molecular flexibility index (Phi) is 3.45. The number of ether oxygens (including phenoxy) is 1. The monoisotopic (exact) mass is 328 g/mol. The van der Waals surface area contributed by atoms with Crippen LogP contribution < -0.4 is 10.6 Å². The van der Waals surface area contributed by atoms with Crippen molar-refractivity contribution in [1.82, 2.24) is 5.32 Å². The maximum absolute atomic E-state index is 13.2. The highest BCUT2D eigenvalue weighted by Gasteiger charge is 2.41. The molecule has 2 N–H and O–H groups in total. The van der Waals surface area contributed by atoms with Crippen LogP contribution in [0, 0.1) is 5.82 Å².